The van der Waals surface area contributed by atoms with Gasteiger partial charge in [-0.1, -0.05) is 72.5 Å². The molecule has 2 aliphatic heterocycles. The van der Waals surface area contributed by atoms with Crippen LogP contribution in [0.15, 0.2) is 59.5 Å². The normalized spacial score (nSPS) is 19.0. The summed E-state index contributed by atoms with van der Waals surface area (Å²) in [5.41, 5.74) is 3.05. The van der Waals surface area contributed by atoms with E-state index in [9.17, 15) is 9.59 Å². The van der Waals surface area contributed by atoms with Gasteiger partial charge in [-0.3, -0.25) is 14.5 Å². The van der Waals surface area contributed by atoms with Gasteiger partial charge in [0.05, 0.1) is 35.9 Å². The molecule has 0 bridgehead atoms. The van der Waals surface area contributed by atoms with Gasteiger partial charge in [-0.05, 0) is 11.6 Å². The lowest BCUT2D eigenvalue weighted by Gasteiger charge is -2.17. The van der Waals surface area contributed by atoms with E-state index < -0.39 is 0 Å². The fourth-order valence-electron chi connectivity index (χ4n) is 3.35. The van der Waals surface area contributed by atoms with Crippen LogP contribution < -0.4 is 4.90 Å². The Morgan fingerprint density at radius 1 is 0.964 bits per heavy atom. The summed E-state index contributed by atoms with van der Waals surface area (Å²) in [6, 6.07) is 17.4. The summed E-state index contributed by atoms with van der Waals surface area (Å²) >= 11 is 6.56. The fraction of sp³-hybridized carbons (Fsp3) is 0.190. The molecule has 7 heteroatoms. The summed E-state index contributed by atoms with van der Waals surface area (Å²) in [5.74, 6) is -0.399. The molecule has 1 saturated heterocycles. The van der Waals surface area contributed by atoms with Gasteiger partial charge in [-0.25, -0.2) is 0 Å². The molecule has 0 radical (unpaired) electrons. The van der Waals surface area contributed by atoms with Crippen molar-refractivity contribution in [2.45, 2.75) is 6.54 Å². The Morgan fingerprint density at radius 3 is 2.43 bits per heavy atom. The Bertz CT molecular complexity index is 988. The first-order chi connectivity index (χ1) is 13.6. The van der Waals surface area contributed by atoms with Crippen molar-refractivity contribution in [3.8, 4) is 0 Å². The molecule has 2 amide bonds. The van der Waals surface area contributed by atoms with E-state index in [1.165, 1.54) is 16.7 Å². The number of fused-ring (bicyclic) bond motifs is 1. The van der Waals surface area contributed by atoms with Crippen molar-refractivity contribution < 1.29 is 14.3 Å². The first-order valence-electron chi connectivity index (χ1n) is 8.84. The van der Waals surface area contributed by atoms with Crippen molar-refractivity contribution in [1.82, 2.24) is 4.90 Å². The summed E-state index contributed by atoms with van der Waals surface area (Å²) in [7, 11) is 1.58. The number of nitrogens with zero attached hydrogens (tertiary/aromatic N) is 2. The van der Waals surface area contributed by atoms with E-state index in [2.05, 4.69) is 0 Å². The number of thiocarbonyl (C=S) groups is 1. The molecule has 0 spiro atoms. The van der Waals surface area contributed by atoms with Gasteiger partial charge < -0.3 is 9.64 Å². The predicted molar refractivity (Wildman–Crippen MR) is 115 cm³/mol. The highest BCUT2D eigenvalue weighted by molar-refractivity contribution is 8.26. The number of ether oxygens (including phenoxy) is 1. The minimum Gasteiger partial charge on any atom is -0.383 e. The van der Waals surface area contributed by atoms with Crippen molar-refractivity contribution in [1.29, 1.82) is 0 Å². The SMILES string of the molecule is COCCN1C(=O)C(=C2C(=O)N(Cc3ccccc3)c3ccccc32)SC1=S. The Hall–Kier alpha value is -2.48. The number of hydrogen-bond donors (Lipinski definition) is 0. The van der Waals surface area contributed by atoms with Gasteiger partial charge in [0, 0.05) is 12.7 Å². The number of thioether (sulfide) groups is 1. The topological polar surface area (TPSA) is 49.9 Å². The van der Waals surface area contributed by atoms with Crippen LogP contribution in [0, 0.1) is 0 Å². The zero-order valence-electron chi connectivity index (χ0n) is 15.3. The second kappa shape index (κ2) is 7.87. The number of carbonyl (C=O) groups excluding carboxylic acids is 2. The van der Waals surface area contributed by atoms with E-state index in [-0.39, 0.29) is 11.8 Å². The number of hydrogen-bond acceptors (Lipinski definition) is 5. The Balaban J connectivity index is 1.74. The summed E-state index contributed by atoms with van der Waals surface area (Å²) in [4.78, 5) is 29.9. The third-order valence-corrected chi connectivity index (χ3v) is 6.15. The average Bonchev–Trinajstić information content (AvgIpc) is 3.14. The predicted octanol–water partition coefficient (Wildman–Crippen LogP) is 3.45. The van der Waals surface area contributed by atoms with E-state index >= 15 is 0 Å². The van der Waals surface area contributed by atoms with Crippen LogP contribution in [0.25, 0.3) is 5.57 Å². The average molecular weight is 411 g/mol. The number of rotatable bonds is 5. The van der Waals surface area contributed by atoms with E-state index in [4.69, 9.17) is 17.0 Å². The van der Waals surface area contributed by atoms with Crippen LogP contribution in [-0.2, 0) is 20.9 Å². The van der Waals surface area contributed by atoms with Crippen LogP contribution in [0.1, 0.15) is 11.1 Å². The van der Waals surface area contributed by atoms with E-state index in [0.717, 1.165) is 16.8 Å². The largest absolute Gasteiger partial charge is 0.383 e. The van der Waals surface area contributed by atoms with Crippen LogP contribution in [0.3, 0.4) is 0 Å². The standard InChI is InChI=1S/C21H18N2O3S2/c1-26-12-11-22-20(25)18(28-21(22)27)17-15-9-5-6-10-16(15)23(19(17)24)13-14-7-3-2-4-8-14/h2-10H,11-13H2,1H3. The van der Waals surface area contributed by atoms with Crippen LogP contribution in [0.2, 0.25) is 0 Å². The highest BCUT2D eigenvalue weighted by Crippen LogP contribution is 2.44. The summed E-state index contributed by atoms with van der Waals surface area (Å²) in [6.45, 7) is 1.21. The lowest BCUT2D eigenvalue weighted by Crippen LogP contribution is -2.32. The van der Waals surface area contributed by atoms with Gasteiger partial charge in [-0.15, -0.1) is 0 Å². The minimum absolute atomic E-state index is 0.169. The van der Waals surface area contributed by atoms with E-state index in [1.807, 2.05) is 54.6 Å². The highest BCUT2D eigenvalue weighted by atomic mass is 32.2. The molecule has 2 aromatic carbocycles. The second-order valence-electron chi connectivity index (χ2n) is 6.42. The van der Waals surface area contributed by atoms with Crippen molar-refractivity contribution in [3.63, 3.8) is 0 Å². The lowest BCUT2D eigenvalue weighted by atomic mass is 10.1. The molecule has 0 N–H and O–H groups in total. The summed E-state index contributed by atoms with van der Waals surface area (Å²) in [6.07, 6.45) is 0. The molecule has 2 aromatic rings. The molecule has 0 aliphatic carbocycles. The van der Waals surface area contributed by atoms with Crippen molar-refractivity contribution in [2.24, 2.45) is 0 Å². The Morgan fingerprint density at radius 2 is 1.68 bits per heavy atom. The first kappa shape index (κ1) is 18.9. The van der Waals surface area contributed by atoms with Crippen molar-refractivity contribution in [2.75, 3.05) is 25.2 Å². The van der Waals surface area contributed by atoms with Gasteiger partial charge >= 0.3 is 0 Å². The molecule has 5 nitrogen and oxygen atoms in total. The summed E-state index contributed by atoms with van der Waals surface area (Å²) < 4.78 is 5.52. The fourth-order valence-corrected chi connectivity index (χ4v) is 4.73. The zero-order valence-corrected chi connectivity index (χ0v) is 16.9. The molecular weight excluding hydrogens is 392 g/mol. The maximum atomic E-state index is 13.3. The maximum Gasteiger partial charge on any atom is 0.267 e. The highest BCUT2D eigenvalue weighted by Gasteiger charge is 2.41. The first-order valence-corrected chi connectivity index (χ1v) is 10.1. The minimum atomic E-state index is -0.230. The molecular formula is C21H18N2O3S2. The molecule has 2 aliphatic rings. The number of amides is 2. The van der Waals surface area contributed by atoms with E-state index in [0.29, 0.717) is 34.5 Å². The third-order valence-electron chi connectivity index (χ3n) is 4.70. The lowest BCUT2D eigenvalue weighted by molar-refractivity contribution is -0.123. The maximum absolute atomic E-state index is 13.3. The van der Waals surface area contributed by atoms with E-state index in [1.54, 1.807) is 12.0 Å². The molecule has 0 saturated carbocycles. The molecule has 1 fully saturated rings. The molecule has 0 unspecified atom stereocenters. The van der Waals surface area contributed by atoms with Gasteiger partial charge in [0.1, 0.15) is 4.32 Å². The Kier molecular flexibility index (Phi) is 5.30. The molecule has 0 atom stereocenters. The number of anilines is 1. The Labute approximate surface area is 173 Å². The smallest absolute Gasteiger partial charge is 0.267 e. The summed E-state index contributed by atoms with van der Waals surface area (Å²) in [5, 5.41) is 0. The number of benzene rings is 2. The van der Waals surface area contributed by atoms with Crippen molar-refractivity contribution in [3.05, 3.63) is 70.6 Å². The molecule has 28 heavy (non-hydrogen) atoms. The van der Waals surface area contributed by atoms with Gasteiger partial charge in [-0.2, -0.15) is 0 Å². The van der Waals surface area contributed by atoms with Gasteiger partial charge in [0.2, 0.25) is 0 Å². The monoisotopic (exact) mass is 410 g/mol. The van der Waals surface area contributed by atoms with Crippen molar-refractivity contribution >= 4 is 51.4 Å². The molecule has 142 valence electrons. The number of carbonyl (C=O) groups is 2. The van der Waals surface area contributed by atoms with Gasteiger partial charge in [0.15, 0.2) is 0 Å². The van der Waals surface area contributed by atoms with Crippen LogP contribution in [0.4, 0.5) is 5.69 Å². The third kappa shape index (κ3) is 3.26. The van der Waals surface area contributed by atoms with Crippen LogP contribution in [0.5, 0.6) is 0 Å². The zero-order chi connectivity index (χ0) is 19.7. The quantitative estimate of drug-likeness (QED) is 0.558. The second-order valence-corrected chi connectivity index (χ2v) is 8.06. The molecule has 4 rings (SSSR count). The van der Waals surface area contributed by atoms with Crippen LogP contribution >= 0.6 is 24.0 Å². The number of methoxy groups -OCH3 is 1. The molecule has 2 heterocycles. The van der Waals surface area contributed by atoms with Crippen LogP contribution in [-0.4, -0.2) is 41.3 Å². The number of para-hydroxylation sites is 1. The van der Waals surface area contributed by atoms with Gasteiger partial charge in [0.25, 0.3) is 11.8 Å². The molecule has 0 aromatic heterocycles.